The number of methoxy groups -OCH3 is 1. The molecule has 0 amide bonds. The van der Waals surface area contributed by atoms with E-state index in [-0.39, 0.29) is 0 Å². The van der Waals surface area contributed by atoms with Crippen molar-refractivity contribution in [1.29, 1.82) is 0 Å². The molecule has 1 aromatic heterocycles. The van der Waals surface area contributed by atoms with Crippen LogP contribution in [0.3, 0.4) is 0 Å². The molecule has 0 radical (unpaired) electrons. The summed E-state index contributed by atoms with van der Waals surface area (Å²) < 4.78 is 6.39. The predicted molar refractivity (Wildman–Crippen MR) is 81.4 cm³/mol. The molecule has 0 saturated heterocycles. The maximum absolute atomic E-state index is 5.39. The number of nitrogens with one attached hydrogen (secondary N) is 2. The normalized spacial score (nSPS) is 13.7. The molecule has 2 heterocycles. The second-order valence-electron chi connectivity index (χ2n) is 4.54. The van der Waals surface area contributed by atoms with Crippen LogP contribution in [0.25, 0.3) is 0 Å². The molecule has 1 aromatic carbocycles. The molecule has 20 heavy (non-hydrogen) atoms. The van der Waals surface area contributed by atoms with Gasteiger partial charge in [0.25, 0.3) is 0 Å². The molecule has 3 rings (SSSR count). The summed E-state index contributed by atoms with van der Waals surface area (Å²) in [5.74, 6) is 1.22. The van der Waals surface area contributed by atoms with Gasteiger partial charge in [0.2, 0.25) is 11.8 Å². The molecule has 2 aromatic rings. The highest BCUT2D eigenvalue weighted by atomic mass is 79.9. The minimum atomic E-state index is 0.558. The van der Waals surface area contributed by atoms with Crippen LogP contribution in [0.4, 0.5) is 11.6 Å². The first-order chi connectivity index (χ1) is 9.76. The Morgan fingerprint density at radius 1 is 1.35 bits per heavy atom. The molecule has 0 bridgehead atoms. The van der Waals surface area contributed by atoms with Crippen LogP contribution >= 0.6 is 15.9 Å². The van der Waals surface area contributed by atoms with Crippen molar-refractivity contribution in [2.45, 2.75) is 13.0 Å². The van der Waals surface area contributed by atoms with Crippen molar-refractivity contribution >= 4 is 27.6 Å². The van der Waals surface area contributed by atoms with Crippen molar-refractivity contribution in [1.82, 2.24) is 15.3 Å². The Morgan fingerprint density at radius 2 is 2.25 bits per heavy atom. The first-order valence-electron chi connectivity index (χ1n) is 6.43. The smallest absolute Gasteiger partial charge is 0.230 e. The van der Waals surface area contributed by atoms with Gasteiger partial charge in [0, 0.05) is 22.3 Å². The zero-order valence-electron chi connectivity index (χ0n) is 11.1. The molecule has 1 aliphatic heterocycles. The van der Waals surface area contributed by atoms with E-state index in [0.717, 1.165) is 40.9 Å². The Bertz CT molecular complexity index is 615. The van der Waals surface area contributed by atoms with E-state index in [2.05, 4.69) is 36.5 Å². The van der Waals surface area contributed by atoms with E-state index < -0.39 is 0 Å². The average molecular weight is 335 g/mol. The minimum Gasteiger partial charge on any atom is -0.481 e. The lowest BCUT2D eigenvalue weighted by Gasteiger charge is -2.19. The molecule has 1 aliphatic rings. The molecule has 6 heteroatoms. The SMILES string of the molecule is COc1nc(Nc2cccc(Br)c2)nc2c1CCNC2. The van der Waals surface area contributed by atoms with E-state index in [0.29, 0.717) is 11.8 Å². The second kappa shape index (κ2) is 5.76. The van der Waals surface area contributed by atoms with Crippen LogP contribution in [-0.2, 0) is 13.0 Å². The topological polar surface area (TPSA) is 59.1 Å². The van der Waals surface area contributed by atoms with Gasteiger partial charge in [-0.3, -0.25) is 0 Å². The number of hydrogen-bond donors (Lipinski definition) is 2. The Labute approximate surface area is 125 Å². The average Bonchev–Trinajstić information content (AvgIpc) is 2.46. The van der Waals surface area contributed by atoms with Crippen LogP contribution in [0, 0.1) is 0 Å². The summed E-state index contributed by atoms with van der Waals surface area (Å²) in [5, 5.41) is 6.52. The summed E-state index contributed by atoms with van der Waals surface area (Å²) in [4.78, 5) is 9.01. The molecule has 0 atom stereocenters. The molecular weight excluding hydrogens is 320 g/mol. The number of halogens is 1. The number of nitrogens with zero attached hydrogens (tertiary/aromatic N) is 2. The third kappa shape index (κ3) is 2.76. The molecule has 0 unspecified atom stereocenters. The predicted octanol–water partition coefficient (Wildman–Crippen LogP) is 2.64. The van der Waals surface area contributed by atoms with Gasteiger partial charge in [-0.1, -0.05) is 22.0 Å². The molecule has 2 N–H and O–H groups in total. The van der Waals surface area contributed by atoms with Crippen LogP contribution < -0.4 is 15.4 Å². The first-order valence-corrected chi connectivity index (χ1v) is 7.22. The summed E-state index contributed by atoms with van der Waals surface area (Å²) in [7, 11) is 1.65. The van der Waals surface area contributed by atoms with Crippen molar-refractivity contribution in [3.63, 3.8) is 0 Å². The van der Waals surface area contributed by atoms with E-state index >= 15 is 0 Å². The van der Waals surface area contributed by atoms with Crippen LogP contribution in [-0.4, -0.2) is 23.6 Å². The van der Waals surface area contributed by atoms with Gasteiger partial charge in [0.05, 0.1) is 12.8 Å². The van der Waals surface area contributed by atoms with E-state index in [1.54, 1.807) is 7.11 Å². The number of benzene rings is 1. The van der Waals surface area contributed by atoms with Crippen LogP contribution in [0.15, 0.2) is 28.7 Å². The largest absolute Gasteiger partial charge is 0.481 e. The fourth-order valence-electron chi connectivity index (χ4n) is 2.25. The molecule has 5 nitrogen and oxygen atoms in total. The molecular formula is C14H15BrN4O. The molecule has 0 fully saturated rings. The Hall–Kier alpha value is -1.66. The van der Waals surface area contributed by atoms with Crippen LogP contribution in [0.1, 0.15) is 11.3 Å². The quantitative estimate of drug-likeness (QED) is 0.903. The third-order valence-electron chi connectivity index (χ3n) is 3.17. The number of hydrogen-bond acceptors (Lipinski definition) is 5. The number of anilines is 2. The summed E-state index contributed by atoms with van der Waals surface area (Å²) in [6.07, 6.45) is 0.898. The van der Waals surface area contributed by atoms with Crippen molar-refractivity contribution in [3.05, 3.63) is 40.0 Å². The summed E-state index contributed by atoms with van der Waals surface area (Å²) in [6, 6.07) is 7.89. The van der Waals surface area contributed by atoms with Gasteiger partial charge in [-0.25, -0.2) is 4.98 Å². The minimum absolute atomic E-state index is 0.558. The molecule has 0 spiro atoms. The van der Waals surface area contributed by atoms with Gasteiger partial charge in [-0.05, 0) is 31.2 Å². The second-order valence-corrected chi connectivity index (χ2v) is 5.46. The number of ether oxygens (including phenoxy) is 1. The zero-order valence-corrected chi connectivity index (χ0v) is 12.7. The lowest BCUT2D eigenvalue weighted by molar-refractivity contribution is 0.387. The van der Waals surface area contributed by atoms with Gasteiger partial charge in [-0.15, -0.1) is 0 Å². The van der Waals surface area contributed by atoms with Crippen molar-refractivity contribution in [3.8, 4) is 5.88 Å². The van der Waals surface area contributed by atoms with E-state index in [4.69, 9.17) is 4.74 Å². The standard InChI is InChI=1S/C14H15BrN4O/c1-20-13-11-5-6-16-8-12(11)18-14(19-13)17-10-4-2-3-9(15)7-10/h2-4,7,16H,5-6,8H2,1H3,(H,17,18,19). The summed E-state index contributed by atoms with van der Waals surface area (Å²) in [6.45, 7) is 1.69. The maximum Gasteiger partial charge on any atom is 0.230 e. The molecule has 104 valence electrons. The van der Waals surface area contributed by atoms with Gasteiger partial charge in [0.1, 0.15) is 0 Å². The Morgan fingerprint density at radius 3 is 3.05 bits per heavy atom. The Kier molecular flexibility index (Phi) is 3.84. The highest BCUT2D eigenvalue weighted by Gasteiger charge is 2.18. The summed E-state index contributed by atoms with van der Waals surface area (Å²) in [5.41, 5.74) is 3.04. The van der Waals surface area contributed by atoms with Gasteiger partial charge in [-0.2, -0.15) is 4.98 Å². The highest BCUT2D eigenvalue weighted by Crippen LogP contribution is 2.25. The highest BCUT2D eigenvalue weighted by molar-refractivity contribution is 9.10. The van der Waals surface area contributed by atoms with Gasteiger partial charge < -0.3 is 15.4 Å². The fraction of sp³-hybridized carbons (Fsp3) is 0.286. The van der Waals surface area contributed by atoms with Gasteiger partial charge in [0.15, 0.2) is 0 Å². The lowest BCUT2D eigenvalue weighted by Crippen LogP contribution is -2.26. The first kappa shape index (κ1) is 13.3. The number of rotatable bonds is 3. The monoisotopic (exact) mass is 334 g/mol. The van der Waals surface area contributed by atoms with E-state index in [1.807, 2.05) is 24.3 Å². The van der Waals surface area contributed by atoms with Crippen molar-refractivity contribution in [2.75, 3.05) is 19.0 Å². The van der Waals surface area contributed by atoms with Crippen molar-refractivity contribution < 1.29 is 4.74 Å². The van der Waals surface area contributed by atoms with Crippen LogP contribution in [0.5, 0.6) is 5.88 Å². The van der Waals surface area contributed by atoms with E-state index in [1.165, 1.54) is 0 Å². The number of fused-ring (bicyclic) bond motifs is 1. The Balaban J connectivity index is 1.94. The third-order valence-corrected chi connectivity index (χ3v) is 3.67. The zero-order chi connectivity index (χ0) is 13.9. The van der Waals surface area contributed by atoms with Crippen molar-refractivity contribution in [2.24, 2.45) is 0 Å². The van der Waals surface area contributed by atoms with E-state index in [9.17, 15) is 0 Å². The summed E-state index contributed by atoms with van der Waals surface area (Å²) >= 11 is 3.45. The van der Waals surface area contributed by atoms with Crippen LogP contribution in [0.2, 0.25) is 0 Å². The van der Waals surface area contributed by atoms with Gasteiger partial charge >= 0.3 is 0 Å². The molecule has 0 saturated carbocycles. The maximum atomic E-state index is 5.39. The number of aromatic nitrogens is 2. The molecule has 0 aliphatic carbocycles. The lowest BCUT2D eigenvalue weighted by atomic mass is 10.1. The fourth-order valence-corrected chi connectivity index (χ4v) is 2.64.